The number of hydrogen-bond acceptors (Lipinski definition) is 6. The third kappa shape index (κ3) is 5.40. The molecule has 3 aliphatic rings. The molecule has 1 amide bonds. The first-order chi connectivity index (χ1) is 16.7. The molecule has 0 saturated heterocycles. The highest BCUT2D eigenvalue weighted by Gasteiger charge is 2.55. The Morgan fingerprint density at radius 3 is 2.40 bits per heavy atom. The van der Waals surface area contributed by atoms with Gasteiger partial charge in [0.05, 0.1) is 5.41 Å². The van der Waals surface area contributed by atoms with E-state index in [1.807, 2.05) is 31.7 Å². The minimum absolute atomic E-state index is 0.150. The lowest BCUT2D eigenvalue weighted by atomic mass is 9.85. The minimum atomic E-state index is -0.534. The molecule has 5 rings (SSSR count). The number of benzene rings is 1. The first-order valence-electron chi connectivity index (χ1n) is 13.2. The Kier molecular flexibility index (Phi) is 6.41. The fourth-order valence-corrected chi connectivity index (χ4v) is 5.61. The zero-order valence-corrected chi connectivity index (χ0v) is 21.9. The monoisotopic (exact) mass is 480 g/mol. The summed E-state index contributed by atoms with van der Waals surface area (Å²) in [6, 6.07) is 11.3. The van der Waals surface area contributed by atoms with Gasteiger partial charge in [0.15, 0.2) is 5.82 Å². The van der Waals surface area contributed by atoms with Crippen LogP contribution in [0, 0.1) is 0 Å². The van der Waals surface area contributed by atoms with Gasteiger partial charge in [0.2, 0.25) is 5.89 Å². The van der Waals surface area contributed by atoms with E-state index < -0.39 is 5.60 Å². The molecule has 0 bridgehead atoms. The van der Waals surface area contributed by atoms with Crippen LogP contribution in [0.5, 0.6) is 0 Å². The molecule has 7 nitrogen and oxygen atoms in total. The summed E-state index contributed by atoms with van der Waals surface area (Å²) in [6.07, 6.45) is 7.17. The fraction of sp³-hybridized carbons (Fsp3) is 0.679. The number of nitrogens with zero attached hydrogens (tertiary/aromatic N) is 4. The lowest BCUT2D eigenvalue weighted by Gasteiger charge is -2.31. The summed E-state index contributed by atoms with van der Waals surface area (Å²) in [5.41, 5.74) is 0.531. The van der Waals surface area contributed by atoms with E-state index in [1.54, 1.807) is 0 Å². The molecule has 1 aromatic heterocycles. The molecule has 2 aromatic rings. The van der Waals surface area contributed by atoms with Crippen molar-refractivity contribution in [2.75, 3.05) is 20.6 Å². The number of aromatic nitrogens is 2. The standard InChI is InChI=1S/C28H40N4O3/c1-27(2,3)34-26(33)32(23-17-22(23)19-9-7-6-8-10-19)18-28(15-16-28)25-29-24(35-30-25)20-11-13-21(14-12-20)31(4)5/h6-10,20-23H,11-18H2,1-5H3/t20?,21?,22?,23-/m0/s1. The number of rotatable bonds is 7. The highest BCUT2D eigenvalue weighted by atomic mass is 16.6. The van der Waals surface area contributed by atoms with Crippen LogP contribution in [0.2, 0.25) is 0 Å². The number of carbonyl (C=O) groups is 1. The fourth-order valence-electron chi connectivity index (χ4n) is 5.61. The Bertz CT molecular complexity index is 1020. The quantitative estimate of drug-likeness (QED) is 0.522. The molecule has 0 spiro atoms. The molecular weight excluding hydrogens is 440 g/mol. The summed E-state index contributed by atoms with van der Waals surface area (Å²) in [7, 11) is 4.32. The number of ether oxygens (including phenoxy) is 1. The normalized spacial score (nSPS) is 27.5. The van der Waals surface area contributed by atoms with Crippen molar-refractivity contribution in [3.8, 4) is 0 Å². The van der Waals surface area contributed by atoms with E-state index in [9.17, 15) is 4.79 Å². The zero-order chi connectivity index (χ0) is 24.8. The van der Waals surface area contributed by atoms with Gasteiger partial charge < -0.3 is 19.1 Å². The molecule has 3 fully saturated rings. The molecule has 3 aliphatic carbocycles. The molecule has 7 heteroatoms. The third-order valence-electron chi connectivity index (χ3n) is 8.03. The number of carbonyl (C=O) groups excluding carboxylic acids is 1. The van der Waals surface area contributed by atoms with Crippen LogP contribution >= 0.6 is 0 Å². The SMILES string of the molecule is CN(C)C1CCC(c2nc(C3(CN(C(=O)OC(C)(C)C)[C@H]4CC4c4ccccc4)CC3)no2)CC1. The molecule has 190 valence electrons. The van der Waals surface area contributed by atoms with Gasteiger partial charge in [0.25, 0.3) is 0 Å². The van der Waals surface area contributed by atoms with Crippen molar-refractivity contribution >= 4 is 6.09 Å². The van der Waals surface area contributed by atoms with Crippen molar-refractivity contribution in [2.24, 2.45) is 0 Å². The first kappa shape index (κ1) is 24.3. The Hall–Kier alpha value is -2.41. The average Bonchev–Trinajstić information content (AvgIpc) is 3.73. The van der Waals surface area contributed by atoms with Crippen LogP contribution in [0.3, 0.4) is 0 Å². The Labute approximate surface area is 209 Å². The molecule has 0 aliphatic heterocycles. The van der Waals surface area contributed by atoms with E-state index in [-0.39, 0.29) is 17.6 Å². The molecule has 1 unspecified atom stereocenters. The summed E-state index contributed by atoms with van der Waals surface area (Å²) in [5.74, 6) is 2.25. The van der Waals surface area contributed by atoms with Gasteiger partial charge in [-0.25, -0.2) is 4.79 Å². The summed E-state index contributed by atoms with van der Waals surface area (Å²) >= 11 is 0. The van der Waals surface area contributed by atoms with E-state index in [0.717, 1.165) is 56.7 Å². The Morgan fingerprint density at radius 2 is 1.80 bits per heavy atom. The summed E-state index contributed by atoms with van der Waals surface area (Å²) in [4.78, 5) is 22.5. The van der Waals surface area contributed by atoms with Gasteiger partial charge in [-0.05, 0) is 85.4 Å². The predicted octanol–water partition coefficient (Wildman–Crippen LogP) is 5.48. The van der Waals surface area contributed by atoms with Crippen molar-refractivity contribution in [3.05, 3.63) is 47.6 Å². The molecule has 2 atom stereocenters. The molecule has 35 heavy (non-hydrogen) atoms. The van der Waals surface area contributed by atoms with Crippen LogP contribution in [-0.4, -0.2) is 64.4 Å². The number of hydrogen-bond donors (Lipinski definition) is 0. The summed E-state index contributed by atoms with van der Waals surface area (Å²) < 4.78 is 11.6. The summed E-state index contributed by atoms with van der Waals surface area (Å²) in [6.45, 7) is 6.36. The van der Waals surface area contributed by atoms with Crippen molar-refractivity contribution in [1.82, 2.24) is 19.9 Å². The van der Waals surface area contributed by atoms with Gasteiger partial charge >= 0.3 is 6.09 Å². The van der Waals surface area contributed by atoms with Gasteiger partial charge in [-0.2, -0.15) is 4.98 Å². The molecule has 1 aromatic carbocycles. The Morgan fingerprint density at radius 1 is 1.11 bits per heavy atom. The first-order valence-corrected chi connectivity index (χ1v) is 13.2. The van der Waals surface area contributed by atoms with E-state index in [1.165, 1.54) is 5.56 Å². The molecule has 0 N–H and O–H groups in total. The van der Waals surface area contributed by atoms with Crippen LogP contribution in [0.25, 0.3) is 0 Å². The van der Waals surface area contributed by atoms with Gasteiger partial charge in [-0.1, -0.05) is 35.5 Å². The number of amides is 1. The lowest BCUT2D eigenvalue weighted by molar-refractivity contribution is 0.0208. The van der Waals surface area contributed by atoms with E-state index in [2.05, 4.69) is 48.4 Å². The topological polar surface area (TPSA) is 71.7 Å². The maximum Gasteiger partial charge on any atom is 0.410 e. The van der Waals surface area contributed by atoms with Crippen LogP contribution < -0.4 is 0 Å². The predicted molar refractivity (Wildman–Crippen MR) is 134 cm³/mol. The summed E-state index contributed by atoms with van der Waals surface area (Å²) in [5, 5.41) is 4.45. The Balaban J connectivity index is 1.30. The van der Waals surface area contributed by atoms with Gasteiger partial charge in [-0.15, -0.1) is 0 Å². The largest absolute Gasteiger partial charge is 0.444 e. The second-order valence-corrected chi connectivity index (χ2v) is 12.1. The molecule has 0 radical (unpaired) electrons. The van der Waals surface area contributed by atoms with E-state index in [0.29, 0.717) is 24.4 Å². The minimum Gasteiger partial charge on any atom is -0.444 e. The maximum absolute atomic E-state index is 13.3. The van der Waals surface area contributed by atoms with Crippen LogP contribution in [0.4, 0.5) is 4.79 Å². The van der Waals surface area contributed by atoms with Crippen molar-refractivity contribution in [2.45, 2.75) is 101 Å². The van der Waals surface area contributed by atoms with Crippen molar-refractivity contribution in [1.29, 1.82) is 0 Å². The van der Waals surface area contributed by atoms with Gasteiger partial charge in [0, 0.05) is 30.5 Å². The van der Waals surface area contributed by atoms with Crippen molar-refractivity contribution < 1.29 is 14.1 Å². The lowest BCUT2D eigenvalue weighted by Crippen LogP contribution is -2.43. The van der Waals surface area contributed by atoms with Gasteiger partial charge in [0.1, 0.15) is 5.60 Å². The van der Waals surface area contributed by atoms with Crippen LogP contribution in [0.1, 0.15) is 94.8 Å². The molecule has 1 heterocycles. The van der Waals surface area contributed by atoms with Gasteiger partial charge in [-0.3, -0.25) is 0 Å². The van der Waals surface area contributed by atoms with Crippen molar-refractivity contribution in [3.63, 3.8) is 0 Å². The van der Waals surface area contributed by atoms with E-state index >= 15 is 0 Å². The smallest absolute Gasteiger partial charge is 0.410 e. The second-order valence-electron chi connectivity index (χ2n) is 12.1. The zero-order valence-electron chi connectivity index (χ0n) is 21.9. The average molecular weight is 481 g/mol. The van der Waals surface area contributed by atoms with Crippen LogP contribution in [0.15, 0.2) is 34.9 Å². The highest BCUT2D eigenvalue weighted by Crippen LogP contribution is 2.52. The second kappa shape index (κ2) is 9.23. The molecule has 3 saturated carbocycles. The molecular formula is C28H40N4O3. The van der Waals surface area contributed by atoms with Crippen LogP contribution in [-0.2, 0) is 10.2 Å². The third-order valence-corrected chi connectivity index (χ3v) is 8.03. The highest BCUT2D eigenvalue weighted by molar-refractivity contribution is 5.70. The van der Waals surface area contributed by atoms with E-state index in [4.69, 9.17) is 14.2 Å². The maximum atomic E-state index is 13.3.